The van der Waals surface area contributed by atoms with E-state index in [0.717, 1.165) is 23.4 Å². The number of pyridine rings is 1. The number of allylic oxidation sites excluding steroid dienone is 1. The van der Waals surface area contributed by atoms with Gasteiger partial charge >= 0.3 is 0 Å². The normalized spacial score (nSPS) is 17.5. The highest BCUT2D eigenvalue weighted by molar-refractivity contribution is 5.81. The monoisotopic (exact) mass is 288 g/mol. The number of aromatic nitrogens is 1. The molecule has 2 heterocycles. The largest absolute Gasteiger partial charge is 0.269 e. The maximum absolute atomic E-state index is 4.49. The van der Waals surface area contributed by atoms with Crippen molar-refractivity contribution >= 4 is 30.0 Å². The highest BCUT2D eigenvalue weighted by atomic mass is 14.7. The molecule has 4 heteroatoms. The first-order valence-electron chi connectivity index (χ1n) is 7.17. The molecular formula is C18H16N4. The van der Waals surface area contributed by atoms with E-state index in [0.29, 0.717) is 5.92 Å². The Bertz CT molecular complexity index is 713. The smallest absolute Gasteiger partial charge is 0.0631 e. The summed E-state index contributed by atoms with van der Waals surface area (Å²) < 4.78 is 0. The molecule has 4 nitrogen and oxygen atoms in total. The van der Waals surface area contributed by atoms with Crippen LogP contribution in [-0.4, -0.2) is 23.6 Å². The number of hydrogen-bond acceptors (Lipinski definition) is 4. The van der Waals surface area contributed by atoms with E-state index in [4.69, 9.17) is 0 Å². The summed E-state index contributed by atoms with van der Waals surface area (Å²) in [7, 11) is 0. The molecule has 1 aliphatic heterocycles. The first-order valence-corrected chi connectivity index (χ1v) is 7.17. The predicted octanol–water partition coefficient (Wildman–Crippen LogP) is 4.14. The van der Waals surface area contributed by atoms with Gasteiger partial charge in [-0.05, 0) is 48.4 Å². The third-order valence-corrected chi connectivity index (χ3v) is 3.24. The molecule has 0 saturated heterocycles. The zero-order chi connectivity index (χ0) is 15.0. The van der Waals surface area contributed by atoms with Crippen molar-refractivity contribution in [2.24, 2.45) is 20.9 Å². The average Bonchev–Trinajstić information content (AvgIpc) is 2.61. The molecule has 1 aromatic heterocycles. The lowest BCUT2D eigenvalue weighted by Crippen LogP contribution is -2.01. The molecule has 1 atom stereocenters. The molecule has 3 rings (SSSR count). The van der Waals surface area contributed by atoms with Gasteiger partial charge < -0.3 is 0 Å². The van der Waals surface area contributed by atoms with Gasteiger partial charge in [-0.15, -0.1) is 0 Å². The summed E-state index contributed by atoms with van der Waals surface area (Å²) in [6, 6.07) is 11.7. The van der Waals surface area contributed by atoms with E-state index in [2.05, 4.69) is 26.0 Å². The van der Waals surface area contributed by atoms with E-state index >= 15 is 0 Å². The minimum absolute atomic E-state index is 0.335. The van der Waals surface area contributed by atoms with Gasteiger partial charge in [0.05, 0.1) is 11.4 Å². The van der Waals surface area contributed by atoms with Crippen molar-refractivity contribution in [2.45, 2.75) is 6.42 Å². The molecule has 0 amide bonds. The Morgan fingerprint density at radius 2 is 1.68 bits per heavy atom. The third kappa shape index (κ3) is 4.06. The quantitative estimate of drug-likeness (QED) is 0.780. The number of aliphatic imine (C=N–C) groups is 3. The Labute approximate surface area is 129 Å². The first-order chi connectivity index (χ1) is 10.9. The molecule has 2 aromatic rings. The SMILES string of the molecule is C1=CC(/C=N/c2ccc(/N=C/c3ccncc3)cc2)CC=N1. The van der Waals surface area contributed by atoms with E-state index < -0.39 is 0 Å². The molecule has 0 saturated carbocycles. The van der Waals surface area contributed by atoms with Crippen LogP contribution in [0, 0.1) is 5.92 Å². The van der Waals surface area contributed by atoms with Crippen LogP contribution in [0.1, 0.15) is 12.0 Å². The Kier molecular flexibility index (Phi) is 4.62. The van der Waals surface area contributed by atoms with Crippen molar-refractivity contribution in [3.05, 3.63) is 66.6 Å². The van der Waals surface area contributed by atoms with E-state index in [9.17, 15) is 0 Å². The molecule has 108 valence electrons. The van der Waals surface area contributed by atoms with Crippen LogP contribution in [0.2, 0.25) is 0 Å². The predicted molar refractivity (Wildman–Crippen MR) is 91.8 cm³/mol. The molecule has 0 radical (unpaired) electrons. The van der Waals surface area contributed by atoms with Crippen molar-refractivity contribution in [1.29, 1.82) is 0 Å². The van der Waals surface area contributed by atoms with E-state index in [1.807, 2.05) is 61.2 Å². The number of rotatable bonds is 4. The molecule has 1 aromatic carbocycles. The Morgan fingerprint density at radius 3 is 2.36 bits per heavy atom. The van der Waals surface area contributed by atoms with Crippen LogP contribution in [0.15, 0.2) is 76.0 Å². The van der Waals surface area contributed by atoms with E-state index in [1.54, 1.807) is 12.4 Å². The molecule has 0 aliphatic carbocycles. The van der Waals surface area contributed by atoms with Crippen LogP contribution >= 0.6 is 0 Å². The van der Waals surface area contributed by atoms with Gasteiger partial charge in [0.25, 0.3) is 0 Å². The summed E-state index contributed by atoms with van der Waals surface area (Å²) in [5.41, 5.74) is 2.86. The van der Waals surface area contributed by atoms with Crippen LogP contribution in [0.25, 0.3) is 0 Å². The molecule has 0 fully saturated rings. The minimum Gasteiger partial charge on any atom is -0.269 e. The van der Waals surface area contributed by atoms with Gasteiger partial charge in [-0.25, -0.2) is 0 Å². The second-order valence-electron chi connectivity index (χ2n) is 4.91. The number of nitrogens with zero attached hydrogens (tertiary/aromatic N) is 4. The summed E-state index contributed by atoms with van der Waals surface area (Å²) in [6.45, 7) is 0. The van der Waals surface area contributed by atoms with Gasteiger partial charge in [0, 0.05) is 43.2 Å². The number of hydrogen-bond donors (Lipinski definition) is 0. The topological polar surface area (TPSA) is 50.0 Å². The molecule has 1 aliphatic rings. The Hall–Kier alpha value is -2.88. The zero-order valence-corrected chi connectivity index (χ0v) is 12.1. The van der Waals surface area contributed by atoms with Crippen molar-refractivity contribution in [2.75, 3.05) is 0 Å². The van der Waals surface area contributed by atoms with E-state index in [1.165, 1.54) is 0 Å². The molecule has 0 N–H and O–H groups in total. The molecule has 0 spiro atoms. The van der Waals surface area contributed by atoms with Gasteiger partial charge in [-0.1, -0.05) is 6.08 Å². The standard InChI is InChI=1S/C18H16N4/c1-2-18(22-14-16-7-11-20-12-8-16)4-3-17(1)21-13-15-5-9-19-10-6-15/h1-7,9-14,16H,8H2/b21-13+,22-14+. The van der Waals surface area contributed by atoms with Crippen molar-refractivity contribution in [3.8, 4) is 0 Å². The lowest BCUT2D eigenvalue weighted by Gasteiger charge is -2.05. The summed E-state index contributed by atoms with van der Waals surface area (Å²) in [5, 5.41) is 0. The van der Waals surface area contributed by atoms with Crippen molar-refractivity contribution in [1.82, 2.24) is 4.98 Å². The Balaban J connectivity index is 1.63. The third-order valence-electron chi connectivity index (χ3n) is 3.24. The van der Waals surface area contributed by atoms with Crippen LogP contribution in [0.3, 0.4) is 0 Å². The van der Waals surface area contributed by atoms with Gasteiger partial charge in [0.1, 0.15) is 0 Å². The highest BCUT2D eigenvalue weighted by Crippen LogP contribution is 2.19. The van der Waals surface area contributed by atoms with Gasteiger partial charge in [0.2, 0.25) is 0 Å². The fourth-order valence-electron chi connectivity index (χ4n) is 2.00. The Morgan fingerprint density at radius 1 is 0.955 bits per heavy atom. The van der Waals surface area contributed by atoms with Crippen LogP contribution in [0.4, 0.5) is 11.4 Å². The summed E-state index contributed by atoms with van der Waals surface area (Å²) >= 11 is 0. The molecule has 22 heavy (non-hydrogen) atoms. The van der Waals surface area contributed by atoms with Crippen LogP contribution in [0.5, 0.6) is 0 Å². The molecule has 0 bridgehead atoms. The fraction of sp³-hybridized carbons (Fsp3) is 0.111. The number of benzene rings is 1. The molecule has 1 unspecified atom stereocenters. The van der Waals surface area contributed by atoms with Crippen LogP contribution in [-0.2, 0) is 0 Å². The van der Waals surface area contributed by atoms with Crippen LogP contribution < -0.4 is 0 Å². The lowest BCUT2D eigenvalue weighted by atomic mass is 10.1. The van der Waals surface area contributed by atoms with Gasteiger partial charge in [-0.3, -0.25) is 20.0 Å². The average molecular weight is 288 g/mol. The maximum atomic E-state index is 4.49. The summed E-state index contributed by atoms with van der Waals surface area (Å²) in [6.07, 6.45) is 14.0. The lowest BCUT2D eigenvalue weighted by molar-refractivity contribution is 0.927. The summed E-state index contributed by atoms with van der Waals surface area (Å²) in [4.78, 5) is 17.0. The zero-order valence-electron chi connectivity index (χ0n) is 12.1. The first kappa shape index (κ1) is 14.1. The highest BCUT2D eigenvalue weighted by Gasteiger charge is 2.01. The fourth-order valence-corrected chi connectivity index (χ4v) is 2.00. The van der Waals surface area contributed by atoms with Gasteiger partial charge in [0.15, 0.2) is 0 Å². The minimum atomic E-state index is 0.335. The second kappa shape index (κ2) is 7.22. The van der Waals surface area contributed by atoms with Crippen molar-refractivity contribution < 1.29 is 0 Å². The maximum Gasteiger partial charge on any atom is 0.0631 e. The summed E-state index contributed by atoms with van der Waals surface area (Å²) in [5.74, 6) is 0.335. The van der Waals surface area contributed by atoms with Crippen molar-refractivity contribution in [3.63, 3.8) is 0 Å². The van der Waals surface area contributed by atoms with E-state index in [-0.39, 0.29) is 0 Å². The van der Waals surface area contributed by atoms with Gasteiger partial charge in [-0.2, -0.15) is 0 Å². The molecular weight excluding hydrogens is 272 g/mol. The second-order valence-corrected chi connectivity index (χ2v) is 4.91.